The number of nitrogens with zero attached hydrogens (tertiary/aromatic N) is 2. The normalized spacial score (nSPS) is 32.7. The number of rotatable bonds is 3. The second-order valence-corrected chi connectivity index (χ2v) is 6.84. The summed E-state index contributed by atoms with van der Waals surface area (Å²) in [5.74, 6) is -1.09. The number of carbonyl (C=O) groups excluding carboxylic acids is 3. The van der Waals surface area contributed by atoms with Gasteiger partial charge in [0.2, 0.25) is 11.8 Å². The van der Waals surface area contributed by atoms with Crippen molar-refractivity contribution in [2.45, 2.75) is 31.7 Å². The molecule has 3 aliphatic rings. The summed E-state index contributed by atoms with van der Waals surface area (Å²) >= 11 is 0. The van der Waals surface area contributed by atoms with Gasteiger partial charge in [-0.15, -0.1) is 0 Å². The summed E-state index contributed by atoms with van der Waals surface area (Å²) < 4.78 is 0. The lowest BCUT2D eigenvalue weighted by atomic mass is 9.92. The van der Waals surface area contributed by atoms with E-state index in [9.17, 15) is 14.4 Å². The zero-order chi connectivity index (χ0) is 16.7. The third-order valence-corrected chi connectivity index (χ3v) is 5.40. The monoisotopic (exact) mass is 325 g/mol. The highest BCUT2D eigenvalue weighted by atomic mass is 16.2. The second kappa shape index (κ2) is 5.85. The van der Waals surface area contributed by atoms with Crippen LogP contribution < -0.4 is 5.32 Å². The molecule has 124 valence electrons. The van der Waals surface area contributed by atoms with Crippen molar-refractivity contribution in [1.29, 1.82) is 0 Å². The number of nitrogens with one attached hydrogen (secondary N) is 1. The van der Waals surface area contributed by atoms with Gasteiger partial charge in [0.25, 0.3) is 0 Å². The smallest absolute Gasteiger partial charge is 0.277 e. The molecule has 1 saturated heterocycles. The van der Waals surface area contributed by atoms with E-state index < -0.39 is 23.8 Å². The minimum Gasteiger partial charge on any atom is -0.277 e. The predicted molar refractivity (Wildman–Crippen MR) is 87.7 cm³/mol. The Morgan fingerprint density at radius 3 is 2.54 bits per heavy atom. The van der Waals surface area contributed by atoms with Gasteiger partial charge in [-0.25, -0.2) is 4.79 Å². The van der Waals surface area contributed by atoms with E-state index in [1.54, 1.807) is 12.1 Å². The number of hydrogen-bond acceptors (Lipinski definition) is 4. The Labute approximate surface area is 139 Å². The molecule has 4 rings (SSSR count). The standard InChI is InChI=1S/C18H19N3O3/c22-16-14(10-19-13-4-2-1-3-5-13)17(23)21(18(24)20-16)15-9-11-6-7-12(15)8-11/h1-5,10-12,14-15H,6-9H2,(H,20,22,24)/t11-,12-,14+,15+/m0/s1. The maximum absolute atomic E-state index is 12.8. The highest BCUT2D eigenvalue weighted by molar-refractivity contribution is 6.23. The topological polar surface area (TPSA) is 78.8 Å². The number of hydrogen-bond donors (Lipinski definition) is 1. The van der Waals surface area contributed by atoms with Crippen LogP contribution in [0.5, 0.6) is 0 Å². The van der Waals surface area contributed by atoms with E-state index >= 15 is 0 Å². The lowest BCUT2D eigenvalue weighted by molar-refractivity contribution is -0.141. The summed E-state index contributed by atoms with van der Waals surface area (Å²) in [5, 5.41) is 2.32. The maximum Gasteiger partial charge on any atom is 0.331 e. The molecule has 2 aliphatic carbocycles. The summed E-state index contributed by atoms with van der Waals surface area (Å²) in [5.41, 5.74) is 0.668. The number of carbonyl (C=O) groups is 3. The molecule has 0 radical (unpaired) electrons. The Morgan fingerprint density at radius 2 is 1.88 bits per heavy atom. The van der Waals surface area contributed by atoms with Crippen LogP contribution in [0.1, 0.15) is 25.7 Å². The Hall–Kier alpha value is -2.50. The number of aliphatic imine (C=N–C) groups is 1. The zero-order valence-electron chi connectivity index (χ0n) is 13.2. The molecule has 24 heavy (non-hydrogen) atoms. The third-order valence-electron chi connectivity index (χ3n) is 5.40. The Kier molecular flexibility index (Phi) is 3.67. The quantitative estimate of drug-likeness (QED) is 0.684. The highest BCUT2D eigenvalue weighted by Gasteiger charge is 2.50. The van der Waals surface area contributed by atoms with Gasteiger partial charge >= 0.3 is 6.03 Å². The number of para-hydroxylation sites is 1. The SMILES string of the molecule is O=C1NC(=O)N([C@@H]2C[C@H]3CC[C@H]2C3)C(=O)[C@@H]1C=Nc1ccccc1. The first-order valence-corrected chi connectivity index (χ1v) is 8.40. The molecule has 1 aromatic rings. The molecule has 3 fully saturated rings. The van der Waals surface area contributed by atoms with Crippen molar-refractivity contribution in [3.05, 3.63) is 30.3 Å². The first-order valence-electron chi connectivity index (χ1n) is 8.40. The summed E-state index contributed by atoms with van der Waals surface area (Å²) in [4.78, 5) is 42.6. The van der Waals surface area contributed by atoms with E-state index in [1.165, 1.54) is 17.5 Å². The molecule has 0 spiro atoms. The van der Waals surface area contributed by atoms with Crippen molar-refractivity contribution in [2.75, 3.05) is 0 Å². The van der Waals surface area contributed by atoms with Gasteiger partial charge in [-0.2, -0.15) is 0 Å². The molecule has 1 aromatic carbocycles. The summed E-state index contributed by atoms with van der Waals surface area (Å²) in [6, 6.07) is 8.47. The molecule has 2 bridgehead atoms. The molecule has 1 N–H and O–H groups in total. The predicted octanol–water partition coefficient (Wildman–Crippen LogP) is 2.27. The molecule has 6 heteroatoms. The summed E-state index contributed by atoms with van der Waals surface area (Å²) in [7, 11) is 0. The van der Waals surface area contributed by atoms with Gasteiger partial charge in [0, 0.05) is 12.3 Å². The molecule has 4 amide bonds. The van der Waals surface area contributed by atoms with Crippen molar-refractivity contribution in [2.24, 2.45) is 22.7 Å². The maximum atomic E-state index is 12.8. The van der Waals surface area contributed by atoms with Crippen LogP contribution in [0.25, 0.3) is 0 Å². The number of urea groups is 1. The molecule has 4 atom stereocenters. The Balaban J connectivity index is 1.56. The minimum absolute atomic E-state index is 0.0722. The molecule has 0 aromatic heterocycles. The Bertz CT molecular complexity index is 715. The van der Waals surface area contributed by atoms with Crippen molar-refractivity contribution in [3.8, 4) is 0 Å². The lowest BCUT2D eigenvalue weighted by Gasteiger charge is -2.36. The minimum atomic E-state index is -1.04. The fraction of sp³-hybridized carbons (Fsp3) is 0.444. The average molecular weight is 325 g/mol. The van der Waals surface area contributed by atoms with Crippen LogP contribution in [0.3, 0.4) is 0 Å². The van der Waals surface area contributed by atoms with Crippen molar-refractivity contribution >= 4 is 29.7 Å². The second-order valence-electron chi connectivity index (χ2n) is 6.84. The van der Waals surface area contributed by atoms with Gasteiger partial charge < -0.3 is 0 Å². The molecule has 2 saturated carbocycles. The van der Waals surface area contributed by atoms with Crippen LogP contribution in [-0.4, -0.2) is 35.0 Å². The van der Waals surface area contributed by atoms with E-state index in [2.05, 4.69) is 10.3 Å². The van der Waals surface area contributed by atoms with Crippen molar-refractivity contribution < 1.29 is 14.4 Å². The van der Waals surface area contributed by atoms with E-state index in [0.717, 1.165) is 19.3 Å². The fourth-order valence-electron chi connectivity index (χ4n) is 4.25. The van der Waals surface area contributed by atoms with Gasteiger partial charge in [0.1, 0.15) is 0 Å². The molecular weight excluding hydrogens is 306 g/mol. The van der Waals surface area contributed by atoms with E-state index in [-0.39, 0.29) is 6.04 Å². The first kappa shape index (κ1) is 15.1. The molecule has 1 heterocycles. The lowest BCUT2D eigenvalue weighted by Crippen LogP contribution is -2.62. The largest absolute Gasteiger partial charge is 0.331 e. The van der Waals surface area contributed by atoms with E-state index in [4.69, 9.17) is 0 Å². The number of amides is 4. The average Bonchev–Trinajstić information content (AvgIpc) is 3.18. The van der Waals surface area contributed by atoms with E-state index in [0.29, 0.717) is 17.5 Å². The van der Waals surface area contributed by atoms with Gasteiger partial charge in [0.15, 0.2) is 5.92 Å². The van der Waals surface area contributed by atoms with Crippen molar-refractivity contribution in [1.82, 2.24) is 10.2 Å². The molecule has 0 unspecified atom stereocenters. The highest BCUT2D eigenvalue weighted by Crippen LogP contribution is 2.47. The van der Waals surface area contributed by atoms with Crippen LogP contribution in [-0.2, 0) is 9.59 Å². The zero-order valence-corrected chi connectivity index (χ0v) is 13.2. The van der Waals surface area contributed by atoms with Crippen LogP contribution in [0.4, 0.5) is 10.5 Å². The number of benzene rings is 1. The van der Waals surface area contributed by atoms with Crippen molar-refractivity contribution in [3.63, 3.8) is 0 Å². The third kappa shape index (κ3) is 2.52. The van der Waals surface area contributed by atoms with Gasteiger partial charge in [-0.3, -0.25) is 24.8 Å². The fourth-order valence-corrected chi connectivity index (χ4v) is 4.25. The first-order chi connectivity index (χ1) is 11.6. The summed E-state index contributed by atoms with van der Waals surface area (Å²) in [6.45, 7) is 0. The van der Waals surface area contributed by atoms with Gasteiger partial charge in [-0.1, -0.05) is 24.6 Å². The van der Waals surface area contributed by atoms with Gasteiger partial charge in [0.05, 0.1) is 5.69 Å². The molecule has 1 aliphatic heterocycles. The molecule has 6 nitrogen and oxygen atoms in total. The van der Waals surface area contributed by atoms with Gasteiger partial charge in [-0.05, 0) is 43.2 Å². The number of imide groups is 2. The number of fused-ring (bicyclic) bond motifs is 2. The molecular formula is C18H19N3O3. The number of barbiturate groups is 1. The van der Waals surface area contributed by atoms with Crippen LogP contribution in [0.15, 0.2) is 35.3 Å². The Morgan fingerprint density at radius 1 is 1.08 bits per heavy atom. The summed E-state index contributed by atoms with van der Waals surface area (Å²) in [6.07, 6.45) is 5.53. The van der Waals surface area contributed by atoms with Crippen LogP contribution in [0.2, 0.25) is 0 Å². The van der Waals surface area contributed by atoms with E-state index in [1.807, 2.05) is 18.2 Å². The van der Waals surface area contributed by atoms with Crippen LogP contribution in [0, 0.1) is 17.8 Å². The van der Waals surface area contributed by atoms with Crippen LogP contribution >= 0.6 is 0 Å².